The lowest BCUT2D eigenvalue weighted by Gasteiger charge is -2.51. The SMILES string of the molecule is CC(=O)N1CCC2(CC1)Oc1ccccc1[C@@H]1CC(c3ccc(Cl)cc3Cl)=NN12. The average Bonchev–Trinajstić information content (AvgIpc) is 3.15. The third-order valence-corrected chi connectivity index (χ3v) is 6.69. The van der Waals surface area contributed by atoms with E-state index in [9.17, 15) is 4.79 Å². The number of carbonyl (C=O) groups is 1. The third-order valence-electron chi connectivity index (χ3n) is 6.14. The maximum Gasteiger partial charge on any atom is 0.219 e. The zero-order valence-corrected chi connectivity index (χ0v) is 17.6. The Hall–Kier alpha value is -2.24. The Balaban J connectivity index is 1.55. The Bertz CT molecular complexity index is 1010. The van der Waals surface area contributed by atoms with E-state index in [2.05, 4.69) is 11.1 Å². The number of ether oxygens (including phenoxy) is 1. The molecule has 29 heavy (non-hydrogen) atoms. The first-order valence-electron chi connectivity index (χ1n) is 9.82. The predicted molar refractivity (Wildman–Crippen MR) is 113 cm³/mol. The van der Waals surface area contributed by atoms with Gasteiger partial charge in [0.05, 0.1) is 16.8 Å². The van der Waals surface area contributed by atoms with Gasteiger partial charge >= 0.3 is 0 Å². The van der Waals surface area contributed by atoms with Gasteiger partial charge < -0.3 is 9.64 Å². The van der Waals surface area contributed by atoms with Crippen molar-refractivity contribution in [2.75, 3.05) is 13.1 Å². The second kappa shape index (κ2) is 6.92. The number of nitrogens with zero attached hydrogens (tertiary/aromatic N) is 3. The molecule has 0 aromatic heterocycles. The number of para-hydroxylation sites is 1. The lowest BCUT2D eigenvalue weighted by atomic mass is 9.90. The number of carbonyl (C=O) groups excluding carboxylic acids is 1. The minimum atomic E-state index is -0.550. The van der Waals surface area contributed by atoms with Gasteiger partial charge in [-0.05, 0) is 18.2 Å². The van der Waals surface area contributed by atoms with Crippen molar-refractivity contribution < 1.29 is 9.53 Å². The van der Waals surface area contributed by atoms with Crippen LogP contribution < -0.4 is 4.74 Å². The molecule has 2 aromatic rings. The highest BCUT2D eigenvalue weighted by Crippen LogP contribution is 2.50. The molecule has 0 bridgehead atoms. The number of hydrogen-bond acceptors (Lipinski definition) is 4. The van der Waals surface area contributed by atoms with E-state index in [-0.39, 0.29) is 11.9 Å². The molecule has 3 aliphatic rings. The molecule has 3 aliphatic heterocycles. The Morgan fingerprint density at radius 3 is 2.66 bits per heavy atom. The van der Waals surface area contributed by atoms with Gasteiger partial charge in [-0.1, -0.05) is 47.5 Å². The molecule has 1 fully saturated rings. The van der Waals surface area contributed by atoms with Crippen molar-refractivity contribution >= 4 is 34.8 Å². The van der Waals surface area contributed by atoms with Crippen LogP contribution in [0.25, 0.3) is 0 Å². The lowest BCUT2D eigenvalue weighted by molar-refractivity contribution is -0.158. The zero-order chi connectivity index (χ0) is 20.2. The topological polar surface area (TPSA) is 45.1 Å². The fraction of sp³-hybridized carbons (Fsp3) is 0.364. The van der Waals surface area contributed by atoms with E-state index >= 15 is 0 Å². The minimum absolute atomic E-state index is 0.0885. The van der Waals surface area contributed by atoms with Crippen molar-refractivity contribution in [3.63, 3.8) is 0 Å². The standard InChI is InChI=1S/C22H21Cl2N3O2/c1-14(28)26-10-8-22(9-11-26)27-20(17-4-2-3-5-21(17)29-22)13-19(25-27)16-7-6-15(23)12-18(16)24/h2-7,12,20H,8-11,13H2,1H3/t20-/m0/s1. The van der Waals surface area contributed by atoms with E-state index in [4.69, 9.17) is 33.0 Å². The summed E-state index contributed by atoms with van der Waals surface area (Å²) in [5, 5.41) is 8.34. The number of fused-ring (bicyclic) bond motifs is 4. The fourth-order valence-electron chi connectivity index (χ4n) is 4.62. The van der Waals surface area contributed by atoms with Gasteiger partial charge in [-0.15, -0.1) is 0 Å². The molecular weight excluding hydrogens is 409 g/mol. The molecule has 0 aliphatic carbocycles. The normalized spacial score (nSPS) is 22.0. The number of halogens is 2. The highest BCUT2D eigenvalue weighted by molar-refractivity contribution is 6.37. The Kier molecular flexibility index (Phi) is 4.48. The van der Waals surface area contributed by atoms with Crippen LogP contribution in [0, 0.1) is 0 Å². The number of likely N-dealkylation sites (tertiary alicyclic amines) is 1. The van der Waals surface area contributed by atoms with Gasteiger partial charge in [0.2, 0.25) is 11.6 Å². The Labute approximate surface area is 179 Å². The summed E-state index contributed by atoms with van der Waals surface area (Å²) in [6.07, 6.45) is 2.17. The first-order valence-corrected chi connectivity index (χ1v) is 10.6. The zero-order valence-electron chi connectivity index (χ0n) is 16.1. The number of rotatable bonds is 1. The first-order chi connectivity index (χ1) is 14.0. The molecule has 1 amide bonds. The summed E-state index contributed by atoms with van der Waals surface area (Å²) in [7, 11) is 0. The van der Waals surface area contributed by atoms with E-state index in [1.807, 2.05) is 35.2 Å². The molecule has 0 N–H and O–H groups in total. The summed E-state index contributed by atoms with van der Waals surface area (Å²) in [6, 6.07) is 13.8. The van der Waals surface area contributed by atoms with Gasteiger partial charge in [-0.3, -0.25) is 4.79 Å². The van der Waals surface area contributed by atoms with Crippen LogP contribution in [-0.2, 0) is 4.79 Å². The van der Waals surface area contributed by atoms with Gasteiger partial charge in [0.15, 0.2) is 0 Å². The van der Waals surface area contributed by atoms with Gasteiger partial charge in [0.25, 0.3) is 0 Å². The Morgan fingerprint density at radius 2 is 1.93 bits per heavy atom. The minimum Gasteiger partial charge on any atom is -0.466 e. The fourth-order valence-corrected chi connectivity index (χ4v) is 5.13. The van der Waals surface area contributed by atoms with Crippen LogP contribution in [0.3, 0.4) is 0 Å². The molecular formula is C22H21Cl2N3O2. The van der Waals surface area contributed by atoms with E-state index in [0.29, 0.717) is 36.0 Å². The highest BCUT2D eigenvalue weighted by atomic mass is 35.5. The van der Waals surface area contributed by atoms with Crippen molar-refractivity contribution in [2.45, 2.75) is 38.0 Å². The van der Waals surface area contributed by atoms with E-state index in [0.717, 1.165) is 29.0 Å². The largest absolute Gasteiger partial charge is 0.466 e. The van der Waals surface area contributed by atoms with Gasteiger partial charge in [-0.25, -0.2) is 5.01 Å². The van der Waals surface area contributed by atoms with Gasteiger partial charge in [0, 0.05) is 55.4 Å². The van der Waals surface area contributed by atoms with Crippen molar-refractivity contribution in [1.82, 2.24) is 9.91 Å². The van der Waals surface area contributed by atoms with Crippen molar-refractivity contribution in [1.29, 1.82) is 0 Å². The number of hydrazone groups is 1. The molecule has 3 heterocycles. The molecule has 1 atom stereocenters. The van der Waals surface area contributed by atoms with Crippen LogP contribution in [-0.4, -0.2) is 40.3 Å². The summed E-state index contributed by atoms with van der Waals surface area (Å²) < 4.78 is 6.56. The lowest BCUT2D eigenvalue weighted by Crippen LogP contribution is -2.59. The second-order valence-electron chi connectivity index (χ2n) is 7.83. The van der Waals surface area contributed by atoms with Crippen LogP contribution in [0.1, 0.15) is 43.4 Å². The molecule has 0 unspecified atom stereocenters. The molecule has 5 nitrogen and oxygen atoms in total. The van der Waals surface area contributed by atoms with E-state index in [1.165, 1.54) is 0 Å². The maximum absolute atomic E-state index is 11.8. The summed E-state index contributed by atoms with van der Waals surface area (Å²) in [5.74, 6) is 1.01. The quantitative estimate of drug-likeness (QED) is 0.648. The molecule has 2 aromatic carbocycles. The van der Waals surface area contributed by atoms with Gasteiger partial charge in [0.1, 0.15) is 5.75 Å². The number of piperidine rings is 1. The van der Waals surface area contributed by atoms with E-state index < -0.39 is 5.72 Å². The molecule has 1 spiro atoms. The maximum atomic E-state index is 11.8. The van der Waals surface area contributed by atoms with Crippen LogP contribution in [0.4, 0.5) is 0 Å². The molecule has 7 heteroatoms. The summed E-state index contributed by atoms with van der Waals surface area (Å²) in [5.41, 5.74) is 2.42. The third kappa shape index (κ3) is 3.08. The van der Waals surface area contributed by atoms with Crippen LogP contribution >= 0.6 is 23.2 Å². The summed E-state index contributed by atoms with van der Waals surface area (Å²) in [4.78, 5) is 13.7. The van der Waals surface area contributed by atoms with Gasteiger partial charge in [-0.2, -0.15) is 5.10 Å². The molecule has 5 rings (SSSR count). The van der Waals surface area contributed by atoms with Crippen LogP contribution in [0.2, 0.25) is 10.0 Å². The Morgan fingerprint density at radius 1 is 1.17 bits per heavy atom. The van der Waals surface area contributed by atoms with Crippen molar-refractivity contribution in [3.8, 4) is 5.75 Å². The van der Waals surface area contributed by atoms with Crippen LogP contribution in [0.5, 0.6) is 5.75 Å². The average molecular weight is 430 g/mol. The second-order valence-corrected chi connectivity index (χ2v) is 8.67. The molecule has 0 radical (unpaired) electrons. The number of hydrogen-bond donors (Lipinski definition) is 0. The van der Waals surface area contributed by atoms with Crippen LogP contribution in [0.15, 0.2) is 47.6 Å². The monoisotopic (exact) mass is 429 g/mol. The summed E-state index contributed by atoms with van der Waals surface area (Å²) in [6.45, 7) is 2.94. The smallest absolute Gasteiger partial charge is 0.219 e. The predicted octanol–water partition coefficient (Wildman–Crippen LogP) is 4.88. The number of benzene rings is 2. The summed E-state index contributed by atoms with van der Waals surface area (Å²) >= 11 is 12.6. The highest BCUT2D eigenvalue weighted by Gasteiger charge is 2.52. The molecule has 1 saturated heterocycles. The van der Waals surface area contributed by atoms with Crippen molar-refractivity contribution in [2.24, 2.45) is 5.10 Å². The van der Waals surface area contributed by atoms with E-state index in [1.54, 1.807) is 13.0 Å². The molecule has 150 valence electrons. The van der Waals surface area contributed by atoms with Crippen molar-refractivity contribution in [3.05, 3.63) is 63.6 Å². The number of amides is 1. The molecule has 0 saturated carbocycles. The first kappa shape index (κ1) is 18.8.